The third kappa shape index (κ3) is 16.5. The van der Waals surface area contributed by atoms with Crippen LogP contribution in [-0.4, -0.2) is 118 Å². The smallest absolute Gasteiger partial charge is 0.277 e. The van der Waals surface area contributed by atoms with Gasteiger partial charge in [0.2, 0.25) is 5.75 Å². The van der Waals surface area contributed by atoms with Crippen molar-refractivity contribution in [3.8, 4) is 28.5 Å². The van der Waals surface area contributed by atoms with Gasteiger partial charge in [0.25, 0.3) is 17.7 Å². The summed E-state index contributed by atoms with van der Waals surface area (Å²) in [6.07, 6.45) is 9.68. The summed E-state index contributed by atoms with van der Waals surface area (Å²) < 4.78 is 26.0. The van der Waals surface area contributed by atoms with Crippen LogP contribution in [0.5, 0.6) is 17.2 Å². The molecule has 8 aromatic heterocycles. The van der Waals surface area contributed by atoms with E-state index in [0.717, 1.165) is 65.0 Å². The number of aliphatic hydroxyl groups is 1. The van der Waals surface area contributed by atoms with Crippen LogP contribution >= 0.6 is 46.8 Å². The second-order valence-corrected chi connectivity index (χ2v) is 23.2. The Bertz CT molecular complexity index is 4650. The van der Waals surface area contributed by atoms with Crippen molar-refractivity contribution in [1.82, 2.24) is 75.2 Å². The predicted octanol–water partition coefficient (Wildman–Crippen LogP) is 11.9. The molecule has 0 saturated heterocycles. The Morgan fingerprint density at radius 2 is 1.00 bits per heavy atom. The summed E-state index contributed by atoms with van der Waals surface area (Å²) >= 11 is 5.82. The van der Waals surface area contributed by atoms with Gasteiger partial charge in [0.15, 0.2) is 39.9 Å². The Labute approximate surface area is 546 Å². The summed E-state index contributed by atoms with van der Waals surface area (Å²) in [5.41, 5.74) is 9.26. The maximum Gasteiger partial charge on any atom is 0.277 e. The van der Waals surface area contributed by atoms with Crippen molar-refractivity contribution in [2.75, 3.05) is 35.8 Å². The minimum absolute atomic E-state index is 0.113. The summed E-state index contributed by atoms with van der Waals surface area (Å²) in [4.78, 5) is 64.1. The second-order valence-electron chi connectivity index (χ2n) is 19.5. The average molecular weight is 1320 g/mol. The Kier molecular flexibility index (Phi) is 21.6. The third-order valence-electron chi connectivity index (χ3n) is 13.2. The monoisotopic (exact) mass is 1320 g/mol. The number of ether oxygens (including phenoxy) is 3. The van der Waals surface area contributed by atoms with Gasteiger partial charge in [-0.05, 0) is 97.5 Å². The number of nitrogens with one attached hydrogen (secondary N) is 6. The largest absolute Gasteiger partial charge is 0.490 e. The molecule has 0 spiro atoms. The highest BCUT2D eigenvalue weighted by Crippen LogP contribution is 2.40. The van der Waals surface area contributed by atoms with Crippen LogP contribution in [0.3, 0.4) is 0 Å². The molecule has 0 atom stereocenters. The molecule has 13 rings (SSSR count). The molecular weight excluding hydrogens is 1270 g/mol. The molecule has 0 radical (unpaired) electrons. The Hall–Kier alpha value is -10.7. The second kappa shape index (κ2) is 31.4. The summed E-state index contributed by atoms with van der Waals surface area (Å²) in [6, 6.07) is 37.3. The molecule has 0 aliphatic heterocycles. The van der Waals surface area contributed by atoms with E-state index >= 15 is 0 Å². The lowest BCUT2D eigenvalue weighted by Gasteiger charge is -2.17. The number of carbonyl (C=O) groups is 3. The number of amides is 3. The first-order valence-electron chi connectivity index (χ1n) is 28.7. The molecule has 93 heavy (non-hydrogen) atoms. The van der Waals surface area contributed by atoms with Crippen molar-refractivity contribution in [3.63, 3.8) is 0 Å². The minimum atomic E-state index is -0.404. The van der Waals surface area contributed by atoms with Gasteiger partial charge in [-0.1, -0.05) is 76.4 Å². The fraction of sp³-hybridized carbons (Fsp3) is 0.159. The van der Waals surface area contributed by atoms with Crippen LogP contribution in [0, 0.1) is 0 Å². The number of H-pyrrole nitrogens is 3. The average Bonchev–Trinajstić information content (AvgIpc) is 2.25. The van der Waals surface area contributed by atoms with Gasteiger partial charge in [0.1, 0.15) is 51.2 Å². The van der Waals surface area contributed by atoms with Crippen molar-refractivity contribution in [2.24, 2.45) is 0 Å². The Balaban J connectivity index is 0.000000144. The SMILES string of the molecule is CCOc1cc(C(=O)Nc2cccc(CSc3ncnc4[nH]ncc34)c2)cc(OCC)c1OCC.O=C(Nc1cccc(CSc2ncnc3[nH]ncc23)c1)c1cc(CO)on1.O=C(Nc1cccc(CSc2ncnc3[nH]ncc23)c1)c1snnc1-c1ccccc1. The van der Waals surface area contributed by atoms with Crippen molar-refractivity contribution >= 4 is 115 Å². The highest BCUT2D eigenvalue weighted by atomic mass is 32.2. The number of anilines is 3. The Morgan fingerprint density at radius 3 is 1.45 bits per heavy atom. The van der Waals surface area contributed by atoms with Gasteiger partial charge in [0, 0.05) is 51.5 Å². The van der Waals surface area contributed by atoms with E-state index in [1.165, 1.54) is 25.0 Å². The molecule has 3 amide bonds. The van der Waals surface area contributed by atoms with E-state index in [1.807, 2.05) is 118 Å². The highest BCUT2D eigenvalue weighted by molar-refractivity contribution is 7.99. The van der Waals surface area contributed by atoms with Gasteiger partial charge in [-0.15, -0.1) is 40.4 Å². The van der Waals surface area contributed by atoms with Gasteiger partial charge >= 0.3 is 0 Å². The number of aliphatic hydroxyl groups excluding tert-OH is 1. The number of benzene rings is 5. The van der Waals surface area contributed by atoms with Crippen LogP contribution in [0.15, 0.2) is 179 Å². The van der Waals surface area contributed by atoms with E-state index < -0.39 is 5.91 Å². The Morgan fingerprint density at radius 1 is 0.538 bits per heavy atom. The molecule has 470 valence electrons. The molecule has 0 aliphatic rings. The molecule has 13 aromatic rings. The van der Waals surface area contributed by atoms with Crippen LogP contribution < -0.4 is 30.2 Å². The lowest BCUT2D eigenvalue weighted by molar-refractivity contribution is 0.101. The maximum absolute atomic E-state index is 13.1. The molecule has 0 unspecified atom stereocenters. The predicted molar refractivity (Wildman–Crippen MR) is 355 cm³/mol. The highest BCUT2D eigenvalue weighted by Gasteiger charge is 2.21. The van der Waals surface area contributed by atoms with Gasteiger partial charge in [0.05, 0.1) is 54.6 Å². The fourth-order valence-corrected chi connectivity index (χ4v) is 12.3. The van der Waals surface area contributed by atoms with Crippen LogP contribution in [0.1, 0.15) is 73.7 Å². The van der Waals surface area contributed by atoms with E-state index in [-0.39, 0.29) is 29.9 Å². The molecule has 0 fully saturated rings. The third-order valence-corrected chi connectivity index (χ3v) is 17.1. The minimum Gasteiger partial charge on any atom is -0.490 e. The molecule has 0 saturated carbocycles. The number of thioether (sulfide) groups is 3. The van der Waals surface area contributed by atoms with Crippen molar-refractivity contribution < 1.29 is 38.2 Å². The first kappa shape index (κ1) is 63.9. The number of fused-ring (bicyclic) bond motifs is 3. The first-order valence-corrected chi connectivity index (χ1v) is 32.4. The number of hydrogen-bond donors (Lipinski definition) is 7. The molecule has 26 nitrogen and oxygen atoms in total. The van der Waals surface area contributed by atoms with E-state index in [4.69, 9.17) is 23.8 Å². The summed E-state index contributed by atoms with van der Waals surface area (Å²) in [5.74, 6) is 2.83. The van der Waals surface area contributed by atoms with Crippen LogP contribution in [-0.2, 0) is 23.9 Å². The standard InChI is InChI=1S/C25H27N5O4S.C21H15N7OS2.C17H14N6O3S/c1-4-32-20-11-17(12-21(33-5-2)22(20)34-6-3)24(31)29-18-9-7-8-16(10-18)14-35-25-19-13-28-30-23(19)26-15-27-25;29-20(18-17(26-28-31-18)14-6-2-1-3-7-14)25-15-8-4-5-13(9-15)11-30-21-16-10-24-27-19(16)22-12-23-21;24-7-12-5-14(23-26-12)16(25)21-11-3-1-2-10(4-11)8-27-17-13-6-20-22-15(13)18-9-19-17/h7-13,15H,4-6,14H2,1-3H3,(H,29,31)(H,26,27,28,30);1-10,12H,11H2,(H,25,29)(H,22,23,24,27);1-6,9,24H,7-8H2,(H,21,25)(H,18,19,20,22). The van der Waals surface area contributed by atoms with Crippen molar-refractivity contribution in [3.05, 3.63) is 197 Å². The van der Waals surface area contributed by atoms with E-state index in [2.05, 4.69) is 91.2 Å². The number of carbonyl (C=O) groups excluding carboxylic acids is 3. The van der Waals surface area contributed by atoms with Gasteiger partial charge in [-0.25, -0.2) is 29.9 Å². The number of nitrogens with zero attached hydrogens (tertiary/aromatic N) is 12. The normalized spacial score (nSPS) is 10.9. The quantitative estimate of drug-likeness (QED) is 0.0231. The van der Waals surface area contributed by atoms with Gasteiger partial charge in [-0.3, -0.25) is 29.7 Å². The molecule has 30 heteroatoms. The topological polar surface area (TPSA) is 350 Å². The van der Waals surface area contributed by atoms with E-state index in [1.54, 1.807) is 72.1 Å². The molecule has 8 heterocycles. The van der Waals surface area contributed by atoms with Crippen LogP contribution in [0.4, 0.5) is 17.1 Å². The summed E-state index contributed by atoms with van der Waals surface area (Å²) in [6.45, 7) is 6.68. The molecule has 0 aliphatic carbocycles. The zero-order chi connectivity index (χ0) is 64.3. The molecule has 0 bridgehead atoms. The molecular formula is C63H56N18O8S4. The number of aromatic amines is 3. The zero-order valence-electron chi connectivity index (χ0n) is 49.8. The number of rotatable bonds is 23. The fourth-order valence-electron chi connectivity index (χ4n) is 8.97. The van der Waals surface area contributed by atoms with Crippen LogP contribution in [0.2, 0.25) is 0 Å². The number of hydrogen-bond acceptors (Lipinski definition) is 24. The van der Waals surface area contributed by atoms with Crippen LogP contribution in [0.25, 0.3) is 44.4 Å². The van der Waals surface area contributed by atoms with Gasteiger partial charge in [-0.2, -0.15) is 15.3 Å². The van der Waals surface area contributed by atoms with Crippen molar-refractivity contribution in [2.45, 2.75) is 59.7 Å². The van der Waals surface area contributed by atoms with Gasteiger partial charge < -0.3 is 39.8 Å². The zero-order valence-corrected chi connectivity index (χ0v) is 53.0. The van der Waals surface area contributed by atoms with E-state index in [9.17, 15) is 14.4 Å². The first-order chi connectivity index (χ1) is 45.6. The summed E-state index contributed by atoms with van der Waals surface area (Å²) in [7, 11) is 0. The lowest BCUT2D eigenvalue weighted by atomic mass is 10.1. The molecule has 5 aromatic carbocycles. The lowest BCUT2D eigenvalue weighted by Crippen LogP contribution is -2.13. The molecule has 7 N–H and O–H groups in total. The van der Waals surface area contributed by atoms with Crippen molar-refractivity contribution in [1.29, 1.82) is 0 Å². The van der Waals surface area contributed by atoms with E-state index in [0.29, 0.717) is 104 Å². The number of aromatic nitrogens is 15. The summed E-state index contributed by atoms with van der Waals surface area (Å²) in [5, 5.41) is 51.2. The maximum atomic E-state index is 13.1.